The molecule has 2 aromatic carbocycles. The number of anilines is 1. The first-order valence-corrected chi connectivity index (χ1v) is 6.67. The molecule has 0 fully saturated rings. The van der Waals surface area contributed by atoms with E-state index in [2.05, 4.69) is 4.98 Å². The molecule has 21 heavy (non-hydrogen) atoms. The molecule has 0 aliphatic carbocycles. The van der Waals surface area contributed by atoms with Gasteiger partial charge in [-0.05, 0) is 31.2 Å². The maximum Gasteiger partial charge on any atom is 0.195 e. The molecule has 0 amide bonds. The molecule has 0 unspecified atom stereocenters. The molecular formula is C17H16N2O2. The van der Waals surface area contributed by atoms with Crippen molar-refractivity contribution in [2.24, 2.45) is 0 Å². The standard InChI is InChI=1S/C17H16N2O2/c1-10-16(12-5-3-4-6-14(12)19-10)17(20)11-7-8-15(21-2)13(18)9-11/h3-9,19H,18H2,1-2H3. The molecule has 106 valence electrons. The van der Waals surface area contributed by atoms with Gasteiger partial charge in [-0.25, -0.2) is 0 Å². The summed E-state index contributed by atoms with van der Waals surface area (Å²) < 4.78 is 5.12. The summed E-state index contributed by atoms with van der Waals surface area (Å²) >= 11 is 0. The Balaban J connectivity index is 2.12. The van der Waals surface area contributed by atoms with Gasteiger partial charge in [0.1, 0.15) is 5.75 Å². The fourth-order valence-corrected chi connectivity index (χ4v) is 2.59. The van der Waals surface area contributed by atoms with Crippen LogP contribution in [-0.4, -0.2) is 17.9 Å². The Bertz CT molecular complexity index is 834. The lowest BCUT2D eigenvalue weighted by Gasteiger charge is -2.07. The molecule has 3 rings (SSSR count). The van der Waals surface area contributed by atoms with Crippen molar-refractivity contribution in [3.63, 3.8) is 0 Å². The highest BCUT2D eigenvalue weighted by molar-refractivity contribution is 6.17. The SMILES string of the molecule is COc1ccc(C(=O)c2c(C)[nH]c3ccccc23)cc1N. The predicted octanol–water partition coefficient (Wildman–Crippen LogP) is 3.30. The lowest BCUT2D eigenvalue weighted by Crippen LogP contribution is -2.04. The summed E-state index contributed by atoms with van der Waals surface area (Å²) in [5, 5.41) is 0.925. The molecular weight excluding hydrogens is 264 g/mol. The van der Waals surface area contributed by atoms with E-state index < -0.39 is 0 Å². The van der Waals surface area contributed by atoms with Crippen LogP contribution in [0.5, 0.6) is 5.75 Å². The number of nitrogens with two attached hydrogens (primary N) is 1. The van der Waals surface area contributed by atoms with Gasteiger partial charge in [-0.15, -0.1) is 0 Å². The zero-order chi connectivity index (χ0) is 15.0. The van der Waals surface area contributed by atoms with E-state index in [1.54, 1.807) is 25.3 Å². The number of nitrogen functional groups attached to an aromatic ring is 1. The van der Waals surface area contributed by atoms with Crippen molar-refractivity contribution < 1.29 is 9.53 Å². The molecule has 0 bridgehead atoms. The molecule has 3 N–H and O–H groups in total. The first-order valence-electron chi connectivity index (χ1n) is 6.67. The third-order valence-corrected chi connectivity index (χ3v) is 3.61. The van der Waals surface area contributed by atoms with Crippen LogP contribution in [0.25, 0.3) is 10.9 Å². The highest BCUT2D eigenvalue weighted by atomic mass is 16.5. The Morgan fingerprint density at radius 1 is 1.19 bits per heavy atom. The summed E-state index contributed by atoms with van der Waals surface area (Å²) in [6, 6.07) is 12.9. The van der Waals surface area contributed by atoms with Crippen molar-refractivity contribution in [2.45, 2.75) is 6.92 Å². The van der Waals surface area contributed by atoms with Crippen LogP contribution in [0.3, 0.4) is 0 Å². The van der Waals surface area contributed by atoms with E-state index in [-0.39, 0.29) is 5.78 Å². The molecule has 0 aliphatic rings. The molecule has 3 aromatic rings. The van der Waals surface area contributed by atoms with E-state index in [1.165, 1.54) is 0 Å². The predicted molar refractivity (Wildman–Crippen MR) is 83.9 cm³/mol. The lowest BCUT2D eigenvalue weighted by atomic mass is 10.00. The average Bonchev–Trinajstić information content (AvgIpc) is 2.82. The van der Waals surface area contributed by atoms with E-state index in [0.717, 1.165) is 16.6 Å². The van der Waals surface area contributed by atoms with Crippen molar-refractivity contribution >= 4 is 22.4 Å². The maximum absolute atomic E-state index is 12.8. The molecule has 0 radical (unpaired) electrons. The zero-order valence-corrected chi connectivity index (χ0v) is 11.9. The lowest BCUT2D eigenvalue weighted by molar-refractivity contribution is 0.104. The minimum Gasteiger partial charge on any atom is -0.495 e. The Morgan fingerprint density at radius 3 is 2.67 bits per heavy atom. The van der Waals surface area contributed by atoms with Gasteiger partial charge in [-0.1, -0.05) is 18.2 Å². The van der Waals surface area contributed by atoms with Crippen LogP contribution in [0.2, 0.25) is 0 Å². The monoisotopic (exact) mass is 280 g/mol. The topological polar surface area (TPSA) is 68.1 Å². The summed E-state index contributed by atoms with van der Waals surface area (Å²) in [7, 11) is 1.55. The second-order valence-corrected chi connectivity index (χ2v) is 4.96. The third kappa shape index (κ3) is 2.14. The number of ketones is 1. The van der Waals surface area contributed by atoms with Crippen molar-refractivity contribution in [1.29, 1.82) is 0 Å². The number of fused-ring (bicyclic) bond motifs is 1. The highest BCUT2D eigenvalue weighted by Gasteiger charge is 2.18. The first-order chi connectivity index (χ1) is 10.1. The second-order valence-electron chi connectivity index (χ2n) is 4.96. The van der Waals surface area contributed by atoms with Crippen LogP contribution in [0.15, 0.2) is 42.5 Å². The quantitative estimate of drug-likeness (QED) is 0.571. The maximum atomic E-state index is 12.8. The van der Waals surface area contributed by atoms with E-state index in [0.29, 0.717) is 22.6 Å². The van der Waals surface area contributed by atoms with Gasteiger partial charge in [0.2, 0.25) is 0 Å². The van der Waals surface area contributed by atoms with E-state index in [9.17, 15) is 4.79 Å². The average molecular weight is 280 g/mol. The largest absolute Gasteiger partial charge is 0.495 e. The molecule has 0 aliphatic heterocycles. The molecule has 4 nitrogen and oxygen atoms in total. The molecule has 0 spiro atoms. The smallest absolute Gasteiger partial charge is 0.195 e. The van der Waals surface area contributed by atoms with Crippen LogP contribution in [0.4, 0.5) is 5.69 Å². The number of methoxy groups -OCH3 is 1. The van der Waals surface area contributed by atoms with Gasteiger partial charge >= 0.3 is 0 Å². The van der Waals surface area contributed by atoms with E-state index in [1.807, 2.05) is 31.2 Å². The van der Waals surface area contributed by atoms with Crippen molar-refractivity contribution in [2.75, 3.05) is 12.8 Å². The Labute approximate surface area is 122 Å². The number of H-pyrrole nitrogens is 1. The Morgan fingerprint density at radius 2 is 1.95 bits per heavy atom. The van der Waals surface area contributed by atoms with Gasteiger partial charge in [0, 0.05) is 22.2 Å². The van der Waals surface area contributed by atoms with Gasteiger partial charge < -0.3 is 15.5 Å². The van der Waals surface area contributed by atoms with Gasteiger partial charge in [-0.3, -0.25) is 4.79 Å². The van der Waals surface area contributed by atoms with Crippen LogP contribution in [0.1, 0.15) is 21.6 Å². The van der Waals surface area contributed by atoms with Crippen LogP contribution < -0.4 is 10.5 Å². The zero-order valence-electron chi connectivity index (χ0n) is 11.9. The number of benzene rings is 2. The number of carbonyl (C=O) groups excluding carboxylic acids is 1. The molecule has 1 heterocycles. The normalized spacial score (nSPS) is 10.8. The van der Waals surface area contributed by atoms with E-state index in [4.69, 9.17) is 10.5 Å². The number of ether oxygens (including phenoxy) is 1. The van der Waals surface area contributed by atoms with Crippen molar-refractivity contribution in [3.8, 4) is 5.75 Å². The van der Waals surface area contributed by atoms with Crippen LogP contribution in [-0.2, 0) is 0 Å². The molecule has 0 saturated carbocycles. The van der Waals surface area contributed by atoms with E-state index >= 15 is 0 Å². The number of para-hydroxylation sites is 1. The third-order valence-electron chi connectivity index (χ3n) is 3.61. The number of carbonyl (C=O) groups is 1. The summed E-state index contributed by atoms with van der Waals surface area (Å²) in [6.45, 7) is 1.90. The minimum absolute atomic E-state index is 0.0423. The van der Waals surface area contributed by atoms with Gasteiger partial charge in [0.05, 0.1) is 18.4 Å². The number of nitrogens with one attached hydrogen (secondary N) is 1. The fourth-order valence-electron chi connectivity index (χ4n) is 2.59. The number of hydrogen-bond donors (Lipinski definition) is 2. The summed E-state index contributed by atoms with van der Waals surface area (Å²) in [5.74, 6) is 0.529. The fraction of sp³-hybridized carbons (Fsp3) is 0.118. The van der Waals surface area contributed by atoms with Crippen molar-refractivity contribution in [1.82, 2.24) is 4.98 Å². The first kappa shape index (κ1) is 13.2. The number of aryl methyl sites for hydroxylation is 1. The summed E-state index contributed by atoms with van der Waals surface area (Å²) in [6.07, 6.45) is 0. The Hall–Kier alpha value is -2.75. The van der Waals surface area contributed by atoms with Crippen LogP contribution >= 0.6 is 0 Å². The molecule has 4 heteroatoms. The Kier molecular flexibility index (Phi) is 3.14. The summed E-state index contributed by atoms with van der Waals surface area (Å²) in [5.41, 5.74) is 9.41. The molecule has 1 aromatic heterocycles. The minimum atomic E-state index is -0.0423. The summed E-state index contributed by atoms with van der Waals surface area (Å²) in [4.78, 5) is 16.0. The van der Waals surface area contributed by atoms with Crippen molar-refractivity contribution in [3.05, 3.63) is 59.3 Å². The number of rotatable bonds is 3. The molecule has 0 atom stereocenters. The second kappa shape index (κ2) is 4.98. The van der Waals surface area contributed by atoms with Crippen LogP contribution in [0, 0.1) is 6.92 Å². The van der Waals surface area contributed by atoms with Gasteiger partial charge in [0.15, 0.2) is 5.78 Å². The molecule has 0 saturated heterocycles. The number of aromatic nitrogens is 1. The highest BCUT2D eigenvalue weighted by Crippen LogP contribution is 2.27. The van der Waals surface area contributed by atoms with Gasteiger partial charge in [0.25, 0.3) is 0 Å². The number of hydrogen-bond acceptors (Lipinski definition) is 3. The number of aromatic amines is 1. The van der Waals surface area contributed by atoms with Gasteiger partial charge in [-0.2, -0.15) is 0 Å².